The van der Waals surface area contributed by atoms with E-state index in [2.05, 4.69) is 43.0 Å². The van der Waals surface area contributed by atoms with Crippen molar-refractivity contribution in [2.45, 2.75) is 59.7 Å². The molecule has 1 aliphatic rings. The summed E-state index contributed by atoms with van der Waals surface area (Å²) in [7, 11) is 1.76. The monoisotopic (exact) mass is 351 g/mol. The maximum Gasteiger partial charge on any atom is 0.242 e. The average molecular weight is 352 g/mol. The molecule has 6 nitrogen and oxygen atoms in total. The standard InChI is InChI=1S/C17H29N5OS/c1-11(2)22-15(23)9-21(10-17(22,5)6)16(18-7)19-8-14-12(3)20-13(4)24-14/h11H,8-10H2,1-7H3,(H,18,19). The number of nitrogens with zero attached hydrogens (tertiary/aromatic N) is 4. The van der Waals surface area contributed by atoms with E-state index in [-0.39, 0.29) is 17.5 Å². The zero-order valence-electron chi connectivity index (χ0n) is 15.8. The zero-order valence-corrected chi connectivity index (χ0v) is 16.6. The third kappa shape index (κ3) is 3.88. The van der Waals surface area contributed by atoms with Crippen molar-refractivity contribution >= 4 is 23.2 Å². The van der Waals surface area contributed by atoms with Crippen LogP contribution in [0, 0.1) is 13.8 Å². The van der Waals surface area contributed by atoms with Crippen LogP contribution in [0.1, 0.15) is 43.3 Å². The van der Waals surface area contributed by atoms with E-state index in [1.165, 1.54) is 4.88 Å². The molecule has 0 saturated carbocycles. The van der Waals surface area contributed by atoms with E-state index >= 15 is 0 Å². The van der Waals surface area contributed by atoms with Crippen LogP contribution in [0.2, 0.25) is 0 Å². The first kappa shape index (κ1) is 18.7. The smallest absolute Gasteiger partial charge is 0.242 e. The molecule has 7 heteroatoms. The minimum absolute atomic E-state index is 0.147. The van der Waals surface area contributed by atoms with Crippen LogP contribution < -0.4 is 5.32 Å². The lowest BCUT2D eigenvalue weighted by atomic mass is 9.96. The van der Waals surface area contributed by atoms with E-state index in [1.807, 2.05) is 23.6 Å². The Kier molecular flexibility index (Phi) is 5.52. The first-order valence-corrected chi connectivity index (χ1v) is 9.18. The van der Waals surface area contributed by atoms with Gasteiger partial charge in [0, 0.05) is 24.5 Å². The Hall–Kier alpha value is -1.63. The number of aryl methyl sites for hydroxylation is 2. The Labute approximate surface area is 149 Å². The molecule has 0 bridgehead atoms. The summed E-state index contributed by atoms with van der Waals surface area (Å²) in [6, 6.07) is 0.201. The van der Waals surface area contributed by atoms with E-state index in [0.717, 1.165) is 23.2 Å². The first-order chi connectivity index (χ1) is 11.2. The number of piperazine rings is 1. The van der Waals surface area contributed by atoms with Gasteiger partial charge in [0.1, 0.15) is 0 Å². The largest absolute Gasteiger partial charge is 0.351 e. The fourth-order valence-corrected chi connectivity index (χ4v) is 4.42. The van der Waals surface area contributed by atoms with Crippen LogP contribution in [0.25, 0.3) is 0 Å². The van der Waals surface area contributed by atoms with Crippen LogP contribution in [0.4, 0.5) is 0 Å². The van der Waals surface area contributed by atoms with E-state index in [4.69, 9.17) is 0 Å². The molecule has 0 aliphatic carbocycles. The molecule has 0 aromatic carbocycles. The average Bonchev–Trinajstić information content (AvgIpc) is 2.75. The Balaban J connectivity index is 2.09. The van der Waals surface area contributed by atoms with Crippen molar-refractivity contribution in [3.63, 3.8) is 0 Å². The third-order valence-corrected chi connectivity index (χ3v) is 5.33. The third-order valence-electron chi connectivity index (χ3n) is 4.26. The van der Waals surface area contributed by atoms with E-state index < -0.39 is 0 Å². The van der Waals surface area contributed by atoms with Gasteiger partial charge >= 0.3 is 0 Å². The summed E-state index contributed by atoms with van der Waals surface area (Å²) in [5.74, 6) is 0.916. The topological polar surface area (TPSA) is 60.8 Å². The summed E-state index contributed by atoms with van der Waals surface area (Å²) in [5.41, 5.74) is 0.833. The second kappa shape index (κ2) is 7.09. The number of amides is 1. The van der Waals surface area contributed by atoms with Gasteiger partial charge < -0.3 is 15.1 Å². The molecular formula is C17H29N5OS. The highest BCUT2D eigenvalue weighted by atomic mass is 32.1. The number of nitrogens with one attached hydrogen (secondary N) is 1. The summed E-state index contributed by atoms with van der Waals surface area (Å²) < 4.78 is 0. The number of guanidine groups is 1. The molecule has 0 spiro atoms. The quantitative estimate of drug-likeness (QED) is 0.670. The van der Waals surface area contributed by atoms with Gasteiger partial charge in [0.2, 0.25) is 5.91 Å². The highest BCUT2D eigenvalue weighted by Crippen LogP contribution is 2.24. The van der Waals surface area contributed by atoms with Crippen LogP contribution in [-0.4, -0.2) is 58.4 Å². The molecule has 0 atom stereocenters. The summed E-state index contributed by atoms with van der Waals surface area (Å²) in [4.78, 5) is 26.7. The minimum atomic E-state index is -0.224. The van der Waals surface area contributed by atoms with Gasteiger partial charge in [-0.25, -0.2) is 4.98 Å². The van der Waals surface area contributed by atoms with Crippen LogP contribution in [0.5, 0.6) is 0 Å². The predicted octanol–water partition coefficient (Wildman–Crippen LogP) is 2.17. The van der Waals surface area contributed by atoms with Crippen molar-refractivity contribution in [1.82, 2.24) is 20.1 Å². The van der Waals surface area contributed by atoms with Gasteiger partial charge in [0.25, 0.3) is 0 Å². The van der Waals surface area contributed by atoms with Gasteiger partial charge in [-0.1, -0.05) is 0 Å². The van der Waals surface area contributed by atoms with Crippen LogP contribution in [0.3, 0.4) is 0 Å². The van der Waals surface area contributed by atoms with E-state index in [0.29, 0.717) is 13.1 Å². The zero-order chi connectivity index (χ0) is 18.1. The molecule has 1 aliphatic heterocycles. The highest BCUT2D eigenvalue weighted by Gasteiger charge is 2.40. The molecule has 1 amide bonds. The first-order valence-electron chi connectivity index (χ1n) is 8.36. The number of aromatic nitrogens is 1. The number of rotatable bonds is 3. The normalized spacial score (nSPS) is 18.5. The van der Waals surface area contributed by atoms with Crippen molar-refractivity contribution in [1.29, 1.82) is 0 Å². The summed E-state index contributed by atoms with van der Waals surface area (Å²) >= 11 is 1.70. The lowest BCUT2D eigenvalue weighted by Crippen LogP contribution is -2.66. The molecule has 1 aromatic rings. The predicted molar refractivity (Wildman–Crippen MR) is 99.4 cm³/mol. The molecule has 2 rings (SSSR count). The second-order valence-corrected chi connectivity index (χ2v) is 8.46. The Morgan fingerprint density at radius 3 is 2.54 bits per heavy atom. The SMILES string of the molecule is CN=C(NCc1sc(C)nc1C)N1CC(=O)N(C(C)C)C(C)(C)C1. The van der Waals surface area contributed by atoms with Crippen LogP contribution in [-0.2, 0) is 11.3 Å². The fraction of sp³-hybridized carbons (Fsp3) is 0.706. The van der Waals surface area contributed by atoms with Gasteiger partial charge in [-0.2, -0.15) is 0 Å². The number of thiazole rings is 1. The van der Waals surface area contributed by atoms with Crippen LogP contribution >= 0.6 is 11.3 Å². The summed E-state index contributed by atoms with van der Waals surface area (Å²) in [5, 5.41) is 4.46. The Morgan fingerprint density at radius 1 is 1.42 bits per heavy atom. The van der Waals surface area contributed by atoms with E-state index in [9.17, 15) is 4.79 Å². The van der Waals surface area contributed by atoms with Crippen molar-refractivity contribution in [3.8, 4) is 0 Å². The molecule has 24 heavy (non-hydrogen) atoms. The number of aliphatic imine (C=N–C) groups is 1. The number of hydrogen-bond acceptors (Lipinski definition) is 4. The lowest BCUT2D eigenvalue weighted by Gasteiger charge is -2.49. The molecular weight excluding hydrogens is 322 g/mol. The summed E-state index contributed by atoms with van der Waals surface area (Å²) in [6.07, 6.45) is 0. The van der Waals surface area contributed by atoms with Crippen molar-refractivity contribution in [2.75, 3.05) is 20.1 Å². The summed E-state index contributed by atoms with van der Waals surface area (Å²) in [6.45, 7) is 14.2. The van der Waals surface area contributed by atoms with Crippen molar-refractivity contribution < 1.29 is 4.79 Å². The number of hydrogen-bond donors (Lipinski definition) is 1. The molecule has 1 aromatic heterocycles. The number of carbonyl (C=O) groups excluding carboxylic acids is 1. The fourth-order valence-electron chi connectivity index (χ4n) is 3.54. The van der Waals surface area contributed by atoms with Gasteiger partial charge in [-0.05, 0) is 41.5 Å². The Morgan fingerprint density at radius 2 is 2.08 bits per heavy atom. The molecule has 0 unspecified atom stereocenters. The van der Waals surface area contributed by atoms with Gasteiger partial charge in [-0.15, -0.1) is 11.3 Å². The second-order valence-electron chi connectivity index (χ2n) is 7.17. The lowest BCUT2D eigenvalue weighted by molar-refractivity contribution is -0.145. The van der Waals surface area contributed by atoms with Gasteiger partial charge in [-0.3, -0.25) is 9.79 Å². The van der Waals surface area contributed by atoms with Crippen LogP contribution in [0.15, 0.2) is 4.99 Å². The minimum Gasteiger partial charge on any atom is -0.351 e. The Bertz CT molecular complexity index is 635. The van der Waals surface area contributed by atoms with E-state index in [1.54, 1.807) is 18.4 Å². The molecule has 0 radical (unpaired) electrons. The molecule has 1 fully saturated rings. The van der Waals surface area contributed by atoms with Crippen molar-refractivity contribution in [2.24, 2.45) is 4.99 Å². The number of carbonyl (C=O) groups is 1. The van der Waals surface area contributed by atoms with Gasteiger partial charge in [0.15, 0.2) is 5.96 Å². The highest BCUT2D eigenvalue weighted by molar-refractivity contribution is 7.11. The van der Waals surface area contributed by atoms with Gasteiger partial charge in [0.05, 0.1) is 29.3 Å². The maximum absolute atomic E-state index is 12.6. The molecule has 1 saturated heterocycles. The molecule has 2 heterocycles. The maximum atomic E-state index is 12.6. The molecule has 134 valence electrons. The van der Waals surface area contributed by atoms with Crippen molar-refractivity contribution in [3.05, 3.63) is 15.6 Å². The molecule has 1 N–H and O–H groups in total.